The standard InChI is InChI=1S/C30H27N3O8/c1-33-18-17-31-32-26(33)24-22(38-27(34)19-11-5-2-6-12-19)23(39-28(35)20-13-7-3-8-14-20)25(30(37)40-24)41-29(36)21-15-9-4-10-16-21/h2-17,22-25,30,37H,18H2,1H3. The normalized spacial score (nSPS) is 23.7. The zero-order valence-electron chi connectivity index (χ0n) is 22.0. The van der Waals surface area contributed by atoms with Crippen molar-refractivity contribution in [1.82, 2.24) is 4.90 Å². The minimum absolute atomic E-state index is 0.193. The Balaban J connectivity index is 1.55. The molecule has 1 fully saturated rings. The Hall–Kier alpha value is -4.87. The lowest BCUT2D eigenvalue weighted by Gasteiger charge is -2.44. The van der Waals surface area contributed by atoms with Gasteiger partial charge in [0.1, 0.15) is 0 Å². The number of aliphatic hydroxyl groups is 1. The summed E-state index contributed by atoms with van der Waals surface area (Å²) in [7, 11) is 1.71. The van der Waals surface area contributed by atoms with Crippen LogP contribution in [0.5, 0.6) is 0 Å². The Kier molecular flexibility index (Phi) is 8.47. The predicted molar refractivity (Wildman–Crippen MR) is 146 cm³/mol. The molecule has 0 saturated carbocycles. The maximum absolute atomic E-state index is 13.3. The van der Waals surface area contributed by atoms with Crippen LogP contribution in [0.1, 0.15) is 31.1 Å². The summed E-state index contributed by atoms with van der Waals surface area (Å²) in [5.74, 6) is -2.13. The first kappa shape index (κ1) is 27.7. The minimum Gasteiger partial charge on any atom is -0.451 e. The van der Waals surface area contributed by atoms with Crippen LogP contribution >= 0.6 is 0 Å². The molecule has 5 atom stereocenters. The van der Waals surface area contributed by atoms with E-state index >= 15 is 0 Å². The second-order valence-electron chi connectivity index (χ2n) is 9.29. The molecule has 0 bridgehead atoms. The lowest BCUT2D eigenvalue weighted by Crippen LogP contribution is -2.65. The molecule has 3 aromatic carbocycles. The summed E-state index contributed by atoms with van der Waals surface area (Å²) >= 11 is 0. The average molecular weight is 558 g/mol. The fourth-order valence-electron chi connectivity index (χ4n) is 4.42. The summed E-state index contributed by atoms with van der Waals surface area (Å²) in [6.45, 7) is 0.356. The smallest absolute Gasteiger partial charge is 0.338 e. The van der Waals surface area contributed by atoms with E-state index in [1.54, 1.807) is 97.0 Å². The van der Waals surface area contributed by atoms with Crippen LogP contribution in [0.15, 0.2) is 101 Å². The van der Waals surface area contributed by atoms with Crippen LogP contribution in [0.25, 0.3) is 0 Å². The number of carbonyl (C=O) groups excluding carboxylic acids is 3. The van der Waals surface area contributed by atoms with Crippen molar-refractivity contribution in [3.05, 3.63) is 108 Å². The molecule has 2 heterocycles. The number of rotatable bonds is 7. The van der Waals surface area contributed by atoms with Crippen LogP contribution in [0.3, 0.4) is 0 Å². The maximum atomic E-state index is 13.3. The molecular weight excluding hydrogens is 530 g/mol. The summed E-state index contributed by atoms with van der Waals surface area (Å²) in [4.78, 5) is 41.3. The third kappa shape index (κ3) is 6.32. The van der Waals surface area contributed by atoms with E-state index in [2.05, 4.69) is 10.2 Å². The SMILES string of the molecule is CN1CC=NN=C1C1OC(O)C(OC(=O)c2ccccc2)C(OC(=O)c2ccccc2)C1OC(=O)c1ccccc1. The first-order chi connectivity index (χ1) is 19.9. The van der Waals surface area contributed by atoms with Crippen LogP contribution in [-0.4, -0.2) is 84.3 Å². The Morgan fingerprint density at radius 1 is 0.732 bits per heavy atom. The molecule has 11 heteroatoms. The number of hydrogen-bond acceptors (Lipinski definition) is 11. The number of hydrogen-bond donors (Lipinski definition) is 1. The Morgan fingerprint density at radius 3 is 1.63 bits per heavy atom. The molecule has 0 spiro atoms. The van der Waals surface area contributed by atoms with Gasteiger partial charge in [-0.1, -0.05) is 54.6 Å². The predicted octanol–water partition coefficient (Wildman–Crippen LogP) is 2.71. The van der Waals surface area contributed by atoms with Crippen molar-refractivity contribution in [2.45, 2.75) is 30.7 Å². The number of likely N-dealkylation sites (N-methyl/N-ethyl adjacent to an activating group) is 1. The molecule has 1 N–H and O–H groups in total. The van der Waals surface area contributed by atoms with Gasteiger partial charge in [-0.15, -0.1) is 5.10 Å². The van der Waals surface area contributed by atoms with Gasteiger partial charge in [0.15, 0.2) is 36.5 Å². The van der Waals surface area contributed by atoms with Crippen molar-refractivity contribution in [2.24, 2.45) is 10.2 Å². The monoisotopic (exact) mass is 557 g/mol. The molecular formula is C30H27N3O8. The van der Waals surface area contributed by atoms with Gasteiger partial charge in [-0.05, 0) is 36.4 Å². The van der Waals surface area contributed by atoms with Crippen molar-refractivity contribution in [3.8, 4) is 0 Å². The Labute approximate surface area is 235 Å². The van der Waals surface area contributed by atoms with Crippen LogP contribution in [0.2, 0.25) is 0 Å². The van der Waals surface area contributed by atoms with E-state index in [-0.39, 0.29) is 22.5 Å². The number of aliphatic hydroxyl groups excluding tert-OH is 1. The lowest BCUT2D eigenvalue weighted by molar-refractivity contribution is -0.266. The van der Waals surface area contributed by atoms with Crippen molar-refractivity contribution in [3.63, 3.8) is 0 Å². The van der Waals surface area contributed by atoms with Gasteiger partial charge in [0.25, 0.3) is 0 Å². The highest BCUT2D eigenvalue weighted by atomic mass is 16.7. The molecule has 11 nitrogen and oxygen atoms in total. The number of benzene rings is 3. The zero-order chi connectivity index (χ0) is 28.8. The quantitative estimate of drug-likeness (QED) is 0.343. The van der Waals surface area contributed by atoms with Gasteiger partial charge in [-0.2, -0.15) is 5.10 Å². The lowest BCUT2D eigenvalue weighted by atomic mass is 9.96. The van der Waals surface area contributed by atoms with E-state index in [9.17, 15) is 19.5 Å². The highest BCUT2D eigenvalue weighted by Crippen LogP contribution is 2.31. The van der Waals surface area contributed by atoms with E-state index in [1.807, 2.05) is 0 Å². The zero-order valence-corrected chi connectivity index (χ0v) is 22.0. The number of amidine groups is 1. The van der Waals surface area contributed by atoms with Crippen LogP contribution in [-0.2, 0) is 18.9 Å². The van der Waals surface area contributed by atoms with E-state index in [0.29, 0.717) is 6.54 Å². The highest BCUT2D eigenvalue weighted by molar-refractivity contribution is 5.94. The molecule has 0 aliphatic carbocycles. The summed E-state index contributed by atoms with van der Waals surface area (Å²) in [5.41, 5.74) is 0.613. The number of esters is 3. The summed E-state index contributed by atoms with van der Waals surface area (Å²) in [6.07, 6.45) is -5.93. The Morgan fingerprint density at radius 2 is 1.17 bits per heavy atom. The molecule has 41 heavy (non-hydrogen) atoms. The molecule has 0 amide bonds. The molecule has 3 aromatic rings. The second-order valence-corrected chi connectivity index (χ2v) is 9.29. The summed E-state index contributed by atoms with van der Waals surface area (Å²) < 4.78 is 23.3. The van der Waals surface area contributed by atoms with Crippen molar-refractivity contribution >= 4 is 30.0 Å². The first-order valence-electron chi connectivity index (χ1n) is 12.8. The fraction of sp³-hybridized carbons (Fsp3) is 0.233. The molecule has 210 valence electrons. The molecule has 0 aromatic heterocycles. The van der Waals surface area contributed by atoms with Gasteiger partial charge in [0.05, 0.1) is 23.2 Å². The van der Waals surface area contributed by atoms with Crippen molar-refractivity contribution < 1.29 is 38.4 Å². The third-order valence-corrected chi connectivity index (χ3v) is 6.51. The molecule has 2 aliphatic heterocycles. The van der Waals surface area contributed by atoms with Crippen LogP contribution < -0.4 is 0 Å². The van der Waals surface area contributed by atoms with E-state index in [4.69, 9.17) is 18.9 Å². The van der Waals surface area contributed by atoms with E-state index in [1.165, 1.54) is 12.1 Å². The van der Waals surface area contributed by atoms with E-state index < -0.39 is 48.6 Å². The molecule has 5 rings (SSSR count). The van der Waals surface area contributed by atoms with E-state index in [0.717, 1.165) is 0 Å². The van der Waals surface area contributed by atoms with Crippen molar-refractivity contribution in [1.29, 1.82) is 0 Å². The molecule has 2 aliphatic rings. The Bertz CT molecular complexity index is 1430. The number of carbonyl (C=O) groups is 3. The number of ether oxygens (including phenoxy) is 4. The maximum Gasteiger partial charge on any atom is 0.338 e. The average Bonchev–Trinajstić information content (AvgIpc) is 3.01. The van der Waals surface area contributed by atoms with Crippen molar-refractivity contribution in [2.75, 3.05) is 13.6 Å². The minimum atomic E-state index is -1.78. The number of nitrogens with zero attached hydrogens (tertiary/aromatic N) is 3. The largest absolute Gasteiger partial charge is 0.451 e. The van der Waals surface area contributed by atoms with Crippen LogP contribution in [0, 0.1) is 0 Å². The second kappa shape index (κ2) is 12.5. The van der Waals surface area contributed by atoms with Crippen LogP contribution in [0.4, 0.5) is 0 Å². The molecule has 1 saturated heterocycles. The van der Waals surface area contributed by atoms with Gasteiger partial charge in [0, 0.05) is 13.3 Å². The topological polar surface area (TPSA) is 136 Å². The van der Waals surface area contributed by atoms with Gasteiger partial charge >= 0.3 is 17.9 Å². The highest BCUT2D eigenvalue weighted by Gasteiger charge is 2.54. The molecule has 5 unspecified atom stereocenters. The molecule has 0 radical (unpaired) electrons. The third-order valence-electron chi connectivity index (χ3n) is 6.51. The van der Waals surface area contributed by atoms with Gasteiger partial charge in [0.2, 0.25) is 0 Å². The van der Waals surface area contributed by atoms with Gasteiger partial charge < -0.3 is 29.0 Å². The first-order valence-corrected chi connectivity index (χ1v) is 12.8. The van der Waals surface area contributed by atoms with Gasteiger partial charge in [-0.3, -0.25) is 0 Å². The summed E-state index contributed by atoms with van der Waals surface area (Å²) in [6, 6.07) is 24.4. The fourth-order valence-corrected chi connectivity index (χ4v) is 4.42. The summed E-state index contributed by atoms with van der Waals surface area (Å²) in [5, 5.41) is 19.2. The van der Waals surface area contributed by atoms with Gasteiger partial charge in [-0.25, -0.2) is 14.4 Å².